The number of anilines is 1. The molecule has 0 saturated heterocycles. The van der Waals surface area contributed by atoms with E-state index >= 15 is 0 Å². The van der Waals surface area contributed by atoms with Crippen molar-refractivity contribution >= 4 is 17.7 Å². The lowest BCUT2D eigenvalue weighted by Crippen LogP contribution is -2.14. The molecule has 0 unspecified atom stereocenters. The summed E-state index contributed by atoms with van der Waals surface area (Å²) in [4.78, 5) is 23.6. The minimum atomic E-state index is -0.626. The minimum absolute atomic E-state index is 0.0209. The van der Waals surface area contributed by atoms with Crippen LogP contribution >= 0.6 is 0 Å². The van der Waals surface area contributed by atoms with Crippen LogP contribution in [-0.2, 0) is 16.1 Å². The summed E-state index contributed by atoms with van der Waals surface area (Å²) in [5, 5.41) is 2.59. The van der Waals surface area contributed by atoms with Gasteiger partial charge in [0.1, 0.15) is 18.1 Å². The molecule has 0 aromatic heterocycles. The van der Waals surface area contributed by atoms with Crippen molar-refractivity contribution in [2.45, 2.75) is 13.5 Å². The van der Waals surface area contributed by atoms with Crippen molar-refractivity contribution in [3.05, 3.63) is 53.6 Å². The van der Waals surface area contributed by atoms with Crippen molar-refractivity contribution in [2.24, 2.45) is 0 Å². The number of ether oxygens (including phenoxy) is 4. The van der Waals surface area contributed by atoms with Crippen LogP contribution in [0.1, 0.15) is 22.8 Å². The van der Waals surface area contributed by atoms with Gasteiger partial charge in [0.15, 0.2) is 0 Å². The van der Waals surface area contributed by atoms with E-state index in [2.05, 4.69) is 5.32 Å². The number of esters is 1. The normalized spacial score (nSPS) is 9.96. The first-order valence-electron chi connectivity index (χ1n) is 7.99. The fraction of sp³-hybridized carbons (Fsp3) is 0.263. The summed E-state index contributed by atoms with van der Waals surface area (Å²) < 4.78 is 20.5. The van der Waals surface area contributed by atoms with E-state index in [1.807, 2.05) is 0 Å². The maximum absolute atomic E-state index is 12.0. The Balaban J connectivity index is 1.94. The van der Waals surface area contributed by atoms with Crippen LogP contribution in [0.5, 0.6) is 11.5 Å². The van der Waals surface area contributed by atoms with Gasteiger partial charge in [0.05, 0.1) is 26.4 Å². The van der Waals surface area contributed by atoms with E-state index in [9.17, 15) is 9.59 Å². The number of amides is 1. The van der Waals surface area contributed by atoms with E-state index in [0.717, 1.165) is 0 Å². The third kappa shape index (κ3) is 5.14. The van der Waals surface area contributed by atoms with Crippen LogP contribution in [0.2, 0.25) is 0 Å². The predicted octanol–water partition coefficient (Wildman–Crippen LogP) is 3.63. The zero-order chi connectivity index (χ0) is 18.9. The number of hydrogen-bond acceptors (Lipinski definition) is 6. The van der Waals surface area contributed by atoms with Gasteiger partial charge in [-0.3, -0.25) is 5.32 Å². The molecule has 0 radical (unpaired) electrons. The van der Waals surface area contributed by atoms with Gasteiger partial charge in [-0.2, -0.15) is 0 Å². The molecule has 0 fully saturated rings. The van der Waals surface area contributed by atoms with Crippen molar-refractivity contribution in [1.82, 2.24) is 0 Å². The molecule has 0 atom stereocenters. The fourth-order valence-corrected chi connectivity index (χ4v) is 2.20. The van der Waals surface area contributed by atoms with Crippen molar-refractivity contribution in [1.29, 1.82) is 0 Å². The Morgan fingerprint density at radius 1 is 0.962 bits per heavy atom. The molecule has 138 valence electrons. The number of benzene rings is 2. The predicted molar refractivity (Wildman–Crippen MR) is 95.8 cm³/mol. The molecule has 7 heteroatoms. The number of hydrogen-bond donors (Lipinski definition) is 1. The Kier molecular flexibility index (Phi) is 6.84. The standard InChI is InChI=1S/C19H21NO6/c1-4-25-18(21)13-5-7-15(8-6-13)20-19(22)26-12-14-11-16(23-2)9-10-17(14)24-3/h5-11H,4,12H2,1-3H3,(H,20,22). The first-order valence-corrected chi connectivity index (χ1v) is 7.99. The minimum Gasteiger partial charge on any atom is -0.497 e. The average Bonchev–Trinajstić information content (AvgIpc) is 2.66. The molecule has 0 aliphatic heterocycles. The number of nitrogens with one attached hydrogen (secondary N) is 1. The molecule has 7 nitrogen and oxygen atoms in total. The Bertz CT molecular complexity index is 757. The van der Waals surface area contributed by atoms with Gasteiger partial charge in [0.2, 0.25) is 0 Å². The average molecular weight is 359 g/mol. The largest absolute Gasteiger partial charge is 0.497 e. The highest BCUT2D eigenvalue weighted by Crippen LogP contribution is 2.24. The van der Waals surface area contributed by atoms with Gasteiger partial charge < -0.3 is 18.9 Å². The van der Waals surface area contributed by atoms with Gasteiger partial charge in [0, 0.05) is 11.3 Å². The van der Waals surface area contributed by atoms with Gasteiger partial charge in [-0.05, 0) is 49.4 Å². The highest BCUT2D eigenvalue weighted by atomic mass is 16.5. The Labute approximate surface area is 151 Å². The first kappa shape index (κ1) is 19.1. The third-order valence-corrected chi connectivity index (χ3v) is 3.49. The molecule has 0 bridgehead atoms. The number of carbonyl (C=O) groups excluding carboxylic acids is 2. The molecule has 1 amide bonds. The number of carbonyl (C=O) groups is 2. The first-order chi connectivity index (χ1) is 12.6. The van der Waals surface area contributed by atoms with E-state index in [1.165, 1.54) is 7.11 Å². The molecule has 0 saturated carbocycles. The summed E-state index contributed by atoms with van der Waals surface area (Å²) in [5.74, 6) is 0.823. The van der Waals surface area contributed by atoms with Gasteiger partial charge in [-0.25, -0.2) is 9.59 Å². The van der Waals surface area contributed by atoms with E-state index in [4.69, 9.17) is 18.9 Å². The molecular weight excluding hydrogens is 338 g/mol. The summed E-state index contributed by atoms with van der Waals surface area (Å²) in [6.45, 7) is 2.06. The van der Waals surface area contributed by atoms with Gasteiger partial charge in [-0.1, -0.05) is 0 Å². The highest BCUT2D eigenvalue weighted by molar-refractivity contribution is 5.91. The van der Waals surface area contributed by atoms with Crippen LogP contribution in [0, 0.1) is 0 Å². The van der Waals surface area contributed by atoms with Crippen LogP contribution in [0.3, 0.4) is 0 Å². The molecule has 1 N–H and O–H groups in total. The van der Waals surface area contributed by atoms with Crippen molar-refractivity contribution in [3.8, 4) is 11.5 Å². The molecule has 2 aromatic rings. The summed E-state index contributed by atoms with van der Waals surface area (Å²) in [6, 6.07) is 11.6. The lowest BCUT2D eigenvalue weighted by molar-refractivity contribution is 0.0526. The Hall–Kier alpha value is -3.22. The maximum Gasteiger partial charge on any atom is 0.411 e. The lowest BCUT2D eigenvalue weighted by atomic mass is 10.2. The zero-order valence-electron chi connectivity index (χ0n) is 14.9. The summed E-state index contributed by atoms with van der Waals surface area (Å²) in [7, 11) is 3.09. The second-order valence-electron chi connectivity index (χ2n) is 5.18. The van der Waals surface area contributed by atoms with E-state index in [-0.39, 0.29) is 6.61 Å². The van der Waals surface area contributed by atoms with Crippen molar-refractivity contribution in [2.75, 3.05) is 26.1 Å². The fourth-order valence-electron chi connectivity index (χ4n) is 2.20. The Morgan fingerprint density at radius 3 is 2.31 bits per heavy atom. The maximum atomic E-state index is 12.0. The smallest absolute Gasteiger partial charge is 0.411 e. The monoisotopic (exact) mass is 359 g/mol. The Morgan fingerprint density at radius 2 is 1.69 bits per heavy atom. The van der Waals surface area contributed by atoms with Gasteiger partial charge in [0.25, 0.3) is 0 Å². The highest BCUT2D eigenvalue weighted by Gasteiger charge is 2.10. The van der Waals surface area contributed by atoms with Crippen LogP contribution in [0.25, 0.3) is 0 Å². The molecule has 0 spiro atoms. The zero-order valence-corrected chi connectivity index (χ0v) is 14.9. The molecule has 0 aliphatic rings. The molecule has 2 aromatic carbocycles. The number of rotatable bonds is 7. The van der Waals surface area contributed by atoms with Crippen LogP contribution in [0.15, 0.2) is 42.5 Å². The van der Waals surface area contributed by atoms with E-state index in [0.29, 0.717) is 34.9 Å². The summed E-state index contributed by atoms with van der Waals surface area (Å²) in [6.07, 6.45) is -0.626. The molecule has 0 heterocycles. The number of methoxy groups -OCH3 is 2. The summed E-state index contributed by atoms with van der Waals surface area (Å²) >= 11 is 0. The molecule has 0 aliphatic carbocycles. The van der Waals surface area contributed by atoms with Crippen LogP contribution in [0.4, 0.5) is 10.5 Å². The summed E-state index contributed by atoms with van der Waals surface area (Å²) in [5.41, 5.74) is 1.59. The topological polar surface area (TPSA) is 83.1 Å². The van der Waals surface area contributed by atoms with Crippen LogP contribution < -0.4 is 14.8 Å². The molecular formula is C19H21NO6. The second-order valence-corrected chi connectivity index (χ2v) is 5.18. The molecule has 26 heavy (non-hydrogen) atoms. The lowest BCUT2D eigenvalue weighted by Gasteiger charge is -2.11. The van der Waals surface area contributed by atoms with Gasteiger partial charge in [-0.15, -0.1) is 0 Å². The second kappa shape index (κ2) is 9.31. The van der Waals surface area contributed by atoms with E-state index < -0.39 is 12.1 Å². The molecule has 2 rings (SSSR count). The van der Waals surface area contributed by atoms with Gasteiger partial charge >= 0.3 is 12.1 Å². The quantitative estimate of drug-likeness (QED) is 0.760. The van der Waals surface area contributed by atoms with Crippen molar-refractivity contribution < 1.29 is 28.5 Å². The van der Waals surface area contributed by atoms with Crippen LogP contribution in [-0.4, -0.2) is 32.9 Å². The van der Waals surface area contributed by atoms with Crippen molar-refractivity contribution in [3.63, 3.8) is 0 Å². The van der Waals surface area contributed by atoms with E-state index in [1.54, 1.807) is 56.5 Å². The third-order valence-electron chi connectivity index (χ3n) is 3.49. The SMILES string of the molecule is CCOC(=O)c1ccc(NC(=O)OCc2cc(OC)ccc2OC)cc1.